The van der Waals surface area contributed by atoms with Gasteiger partial charge in [0.2, 0.25) is 0 Å². The second-order valence-electron chi connectivity index (χ2n) is 4.07. The van der Waals surface area contributed by atoms with Crippen LogP contribution in [-0.4, -0.2) is 48.8 Å². The van der Waals surface area contributed by atoms with E-state index in [0.29, 0.717) is 0 Å². The van der Waals surface area contributed by atoms with Gasteiger partial charge in [0, 0.05) is 25.3 Å². The summed E-state index contributed by atoms with van der Waals surface area (Å²) >= 11 is 0. The smallest absolute Gasteiger partial charge is 0.0626 e. The summed E-state index contributed by atoms with van der Waals surface area (Å²) in [5.41, 5.74) is 3.70. The normalized spacial score (nSPS) is 11.3. The Kier molecular flexibility index (Phi) is 4.78. The van der Waals surface area contributed by atoms with Crippen molar-refractivity contribution in [1.82, 2.24) is 20.4 Å². The number of H-pyrrole nitrogens is 1. The Balaban J connectivity index is 2.36. The van der Waals surface area contributed by atoms with E-state index in [2.05, 4.69) is 41.3 Å². The molecule has 1 aromatic heterocycles. The molecule has 86 valence electrons. The molecule has 0 unspecified atom stereocenters. The van der Waals surface area contributed by atoms with E-state index in [1.54, 1.807) is 0 Å². The number of aromatic amines is 1. The van der Waals surface area contributed by atoms with Crippen LogP contribution in [0, 0.1) is 13.8 Å². The second kappa shape index (κ2) is 5.88. The number of rotatable bonds is 6. The maximum atomic E-state index is 4.20. The van der Waals surface area contributed by atoms with Gasteiger partial charge in [-0.25, -0.2) is 0 Å². The summed E-state index contributed by atoms with van der Waals surface area (Å²) in [6.07, 6.45) is 1.08. The van der Waals surface area contributed by atoms with Crippen LogP contribution in [0.4, 0.5) is 0 Å². The van der Waals surface area contributed by atoms with Crippen LogP contribution in [0.15, 0.2) is 0 Å². The standard InChI is InChI=1S/C11H22N4/c1-9-11(10(2)14-13-9)5-7-15(4)8-6-12-3/h12H,5-8H2,1-4H3,(H,13,14). The van der Waals surface area contributed by atoms with Crippen molar-refractivity contribution in [3.63, 3.8) is 0 Å². The zero-order valence-electron chi connectivity index (χ0n) is 10.2. The number of likely N-dealkylation sites (N-methyl/N-ethyl adjacent to an activating group) is 2. The number of hydrogen-bond acceptors (Lipinski definition) is 3. The Hall–Kier alpha value is -0.870. The van der Waals surface area contributed by atoms with Crippen molar-refractivity contribution in [1.29, 1.82) is 0 Å². The van der Waals surface area contributed by atoms with Crippen LogP contribution >= 0.6 is 0 Å². The molecule has 2 N–H and O–H groups in total. The van der Waals surface area contributed by atoms with Crippen molar-refractivity contribution in [2.75, 3.05) is 33.7 Å². The first-order valence-corrected chi connectivity index (χ1v) is 5.48. The molecule has 0 aliphatic rings. The molecular weight excluding hydrogens is 188 g/mol. The lowest BCUT2D eigenvalue weighted by Crippen LogP contribution is -2.29. The lowest BCUT2D eigenvalue weighted by atomic mass is 10.1. The number of nitrogens with zero attached hydrogens (tertiary/aromatic N) is 2. The quantitative estimate of drug-likeness (QED) is 0.727. The van der Waals surface area contributed by atoms with E-state index in [4.69, 9.17) is 0 Å². The fourth-order valence-electron chi connectivity index (χ4n) is 1.66. The molecule has 0 amide bonds. The molecule has 0 spiro atoms. The summed E-state index contributed by atoms with van der Waals surface area (Å²) < 4.78 is 0. The Morgan fingerprint density at radius 3 is 2.60 bits per heavy atom. The van der Waals surface area contributed by atoms with Gasteiger partial charge in [0.1, 0.15) is 0 Å². The van der Waals surface area contributed by atoms with E-state index in [0.717, 1.165) is 31.7 Å². The van der Waals surface area contributed by atoms with Crippen molar-refractivity contribution in [3.05, 3.63) is 17.0 Å². The van der Waals surface area contributed by atoms with Gasteiger partial charge >= 0.3 is 0 Å². The monoisotopic (exact) mass is 210 g/mol. The molecule has 0 radical (unpaired) electrons. The fraction of sp³-hybridized carbons (Fsp3) is 0.727. The van der Waals surface area contributed by atoms with Crippen LogP contribution in [0.1, 0.15) is 17.0 Å². The summed E-state index contributed by atoms with van der Waals surface area (Å²) in [4.78, 5) is 2.34. The molecule has 0 fully saturated rings. The third-order valence-electron chi connectivity index (χ3n) is 2.77. The van der Waals surface area contributed by atoms with Gasteiger partial charge in [0.05, 0.1) is 5.69 Å². The van der Waals surface area contributed by atoms with Crippen molar-refractivity contribution >= 4 is 0 Å². The van der Waals surface area contributed by atoms with Gasteiger partial charge in [0.25, 0.3) is 0 Å². The minimum atomic E-state index is 1.04. The molecule has 4 nitrogen and oxygen atoms in total. The molecule has 15 heavy (non-hydrogen) atoms. The highest BCUT2D eigenvalue weighted by Gasteiger charge is 2.06. The predicted octanol–water partition coefficient (Wildman–Crippen LogP) is 0.720. The molecule has 0 aromatic carbocycles. The highest BCUT2D eigenvalue weighted by Crippen LogP contribution is 2.09. The summed E-state index contributed by atoms with van der Waals surface area (Å²) in [6, 6.07) is 0. The molecule has 1 aromatic rings. The van der Waals surface area contributed by atoms with Gasteiger partial charge in [0.15, 0.2) is 0 Å². The van der Waals surface area contributed by atoms with Crippen LogP contribution in [0.3, 0.4) is 0 Å². The Morgan fingerprint density at radius 2 is 2.07 bits per heavy atom. The Labute approximate surface area is 92.1 Å². The topological polar surface area (TPSA) is 44.0 Å². The lowest BCUT2D eigenvalue weighted by Gasteiger charge is -2.16. The van der Waals surface area contributed by atoms with Crippen LogP contribution < -0.4 is 5.32 Å². The van der Waals surface area contributed by atoms with E-state index < -0.39 is 0 Å². The van der Waals surface area contributed by atoms with Gasteiger partial charge in [-0.1, -0.05) is 0 Å². The second-order valence-corrected chi connectivity index (χ2v) is 4.07. The van der Waals surface area contributed by atoms with Crippen LogP contribution in [0.25, 0.3) is 0 Å². The molecular formula is C11H22N4. The molecule has 0 aliphatic heterocycles. The fourth-order valence-corrected chi connectivity index (χ4v) is 1.66. The first-order chi connectivity index (χ1) is 7.15. The minimum absolute atomic E-state index is 1.04. The highest BCUT2D eigenvalue weighted by molar-refractivity contribution is 5.23. The summed E-state index contributed by atoms with van der Waals surface area (Å²) in [5, 5.41) is 10.4. The van der Waals surface area contributed by atoms with E-state index in [9.17, 15) is 0 Å². The first kappa shape index (κ1) is 12.2. The molecule has 1 rings (SSSR count). The highest BCUT2D eigenvalue weighted by atomic mass is 15.1. The molecule has 0 atom stereocenters. The predicted molar refractivity (Wildman–Crippen MR) is 63.2 cm³/mol. The van der Waals surface area contributed by atoms with Gasteiger partial charge in [-0.3, -0.25) is 5.10 Å². The van der Waals surface area contributed by atoms with E-state index in [1.807, 2.05) is 7.05 Å². The molecule has 0 aliphatic carbocycles. The largest absolute Gasteiger partial charge is 0.318 e. The maximum Gasteiger partial charge on any atom is 0.0626 e. The summed E-state index contributed by atoms with van der Waals surface area (Å²) in [7, 11) is 4.14. The summed E-state index contributed by atoms with van der Waals surface area (Å²) in [6.45, 7) is 7.37. The van der Waals surface area contributed by atoms with Gasteiger partial charge in [-0.05, 0) is 39.9 Å². The zero-order chi connectivity index (χ0) is 11.3. The number of aromatic nitrogens is 2. The lowest BCUT2D eigenvalue weighted by molar-refractivity contribution is 0.339. The average molecular weight is 210 g/mol. The molecule has 0 saturated carbocycles. The van der Waals surface area contributed by atoms with Crippen LogP contribution in [0.2, 0.25) is 0 Å². The van der Waals surface area contributed by atoms with Crippen molar-refractivity contribution < 1.29 is 0 Å². The van der Waals surface area contributed by atoms with Gasteiger partial charge in [-0.2, -0.15) is 5.10 Å². The van der Waals surface area contributed by atoms with E-state index in [-0.39, 0.29) is 0 Å². The SMILES string of the molecule is CNCCN(C)CCc1c(C)n[nH]c1C. The van der Waals surface area contributed by atoms with E-state index in [1.165, 1.54) is 11.3 Å². The van der Waals surface area contributed by atoms with Gasteiger partial charge < -0.3 is 10.2 Å². The van der Waals surface area contributed by atoms with E-state index >= 15 is 0 Å². The number of nitrogens with one attached hydrogen (secondary N) is 2. The third kappa shape index (κ3) is 3.64. The number of hydrogen-bond donors (Lipinski definition) is 2. The average Bonchev–Trinajstić information content (AvgIpc) is 2.53. The molecule has 4 heteroatoms. The number of aryl methyl sites for hydroxylation is 2. The van der Waals surface area contributed by atoms with Crippen molar-refractivity contribution in [2.45, 2.75) is 20.3 Å². The Morgan fingerprint density at radius 1 is 1.33 bits per heavy atom. The Bertz CT molecular complexity index is 273. The maximum absolute atomic E-state index is 4.20. The third-order valence-corrected chi connectivity index (χ3v) is 2.77. The van der Waals surface area contributed by atoms with Crippen molar-refractivity contribution in [2.24, 2.45) is 0 Å². The molecule has 1 heterocycles. The minimum Gasteiger partial charge on any atom is -0.318 e. The molecule has 0 bridgehead atoms. The summed E-state index contributed by atoms with van der Waals surface area (Å²) in [5.74, 6) is 0. The first-order valence-electron chi connectivity index (χ1n) is 5.48. The zero-order valence-corrected chi connectivity index (χ0v) is 10.2. The molecule has 0 saturated heterocycles. The van der Waals surface area contributed by atoms with Crippen molar-refractivity contribution in [3.8, 4) is 0 Å². The van der Waals surface area contributed by atoms with Crippen LogP contribution in [-0.2, 0) is 6.42 Å². The van der Waals surface area contributed by atoms with Crippen LogP contribution in [0.5, 0.6) is 0 Å². The van der Waals surface area contributed by atoms with Gasteiger partial charge in [-0.15, -0.1) is 0 Å².